The summed E-state index contributed by atoms with van der Waals surface area (Å²) in [6, 6.07) is 3.81. The molecule has 0 bridgehead atoms. The number of nitrogens with zero attached hydrogens (tertiary/aromatic N) is 2. The maximum atomic E-state index is 5.47. The maximum Gasteiger partial charge on any atom is 0.146 e. The number of halogens is 1. The van der Waals surface area contributed by atoms with Gasteiger partial charge in [0.1, 0.15) is 5.82 Å². The molecule has 0 spiro atoms. The second-order valence-electron chi connectivity index (χ2n) is 3.41. The van der Waals surface area contributed by atoms with Gasteiger partial charge in [-0.15, -0.1) is 17.5 Å². The Labute approximate surface area is 89.7 Å². The molecule has 3 N–H and O–H groups in total. The summed E-state index contributed by atoms with van der Waals surface area (Å²) in [7, 11) is 0. The molecule has 1 aromatic heterocycles. The molecule has 14 heavy (non-hydrogen) atoms. The molecule has 0 saturated carbocycles. The van der Waals surface area contributed by atoms with Gasteiger partial charge < -0.3 is 11.1 Å². The van der Waals surface area contributed by atoms with Gasteiger partial charge in [-0.3, -0.25) is 0 Å². The molecule has 78 valence electrons. The van der Waals surface area contributed by atoms with Crippen molar-refractivity contribution in [1.29, 1.82) is 0 Å². The van der Waals surface area contributed by atoms with Gasteiger partial charge in [-0.2, -0.15) is 5.10 Å². The number of anilines is 1. The van der Waals surface area contributed by atoms with E-state index in [-0.39, 0.29) is 12.4 Å². The highest BCUT2D eigenvalue weighted by Crippen LogP contribution is 2.22. The van der Waals surface area contributed by atoms with Crippen LogP contribution in [0.15, 0.2) is 12.1 Å². The zero-order valence-corrected chi connectivity index (χ0v) is 8.76. The van der Waals surface area contributed by atoms with Gasteiger partial charge in [0, 0.05) is 5.92 Å². The van der Waals surface area contributed by atoms with E-state index < -0.39 is 0 Å². The maximum absolute atomic E-state index is 5.47. The minimum Gasteiger partial charge on any atom is -0.382 e. The second kappa shape index (κ2) is 5.12. The third-order valence-electron chi connectivity index (χ3n) is 2.46. The Balaban J connectivity index is 0.000000980. The topological polar surface area (TPSA) is 63.8 Å². The van der Waals surface area contributed by atoms with Crippen LogP contribution in [-0.4, -0.2) is 23.3 Å². The highest BCUT2D eigenvalue weighted by molar-refractivity contribution is 5.85. The van der Waals surface area contributed by atoms with Gasteiger partial charge >= 0.3 is 0 Å². The lowest BCUT2D eigenvalue weighted by Crippen LogP contribution is -2.27. The van der Waals surface area contributed by atoms with Crippen LogP contribution in [0.1, 0.15) is 24.5 Å². The minimum atomic E-state index is 0. The number of nitrogen functional groups attached to an aromatic ring is 1. The molecule has 2 heterocycles. The smallest absolute Gasteiger partial charge is 0.146 e. The average molecular weight is 215 g/mol. The summed E-state index contributed by atoms with van der Waals surface area (Å²) in [6.07, 6.45) is 2.30. The van der Waals surface area contributed by atoms with Crippen LogP contribution in [0.2, 0.25) is 0 Å². The van der Waals surface area contributed by atoms with Crippen molar-refractivity contribution in [2.45, 2.75) is 18.8 Å². The quantitative estimate of drug-likeness (QED) is 0.731. The molecule has 1 fully saturated rings. The van der Waals surface area contributed by atoms with Gasteiger partial charge in [0.25, 0.3) is 0 Å². The summed E-state index contributed by atoms with van der Waals surface area (Å²) in [4.78, 5) is 0. The van der Waals surface area contributed by atoms with Gasteiger partial charge in [-0.05, 0) is 38.1 Å². The number of nitrogens with one attached hydrogen (secondary N) is 1. The first-order valence-corrected chi connectivity index (χ1v) is 4.66. The molecule has 1 aliphatic rings. The van der Waals surface area contributed by atoms with E-state index in [9.17, 15) is 0 Å². The SMILES string of the molecule is Cl.Nc1ccc(C2CCNCC2)nn1. The number of nitrogens with two attached hydrogens (primary N) is 1. The molecule has 1 aliphatic heterocycles. The summed E-state index contributed by atoms with van der Waals surface area (Å²) in [6.45, 7) is 2.16. The zero-order valence-electron chi connectivity index (χ0n) is 7.94. The second-order valence-corrected chi connectivity index (χ2v) is 3.41. The summed E-state index contributed by atoms with van der Waals surface area (Å²) in [5.41, 5.74) is 6.55. The Morgan fingerprint density at radius 2 is 1.93 bits per heavy atom. The summed E-state index contributed by atoms with van der Waals surface area (Å²) >= 11 is 0. The first kappa shape index (κ1) is 11.2. The number of piperidine rings is 1. The van der Waals surface area contributed by atoms with Gasteiger partial charge in [0.15, 0.2) is 0 Å². The van der Waals surface area contributed by atoms with E-state index in [1.54, 1.807) is 0 Å². The van der Waals surface area contributed by atoms with E-state index >= 15 is 0 Å². The van der Waals surface area contributed by atoms with Crippen LogP contribution in [0.3, 0.4) is 0 Å². The Hall–Kier alpha value is -0.870. The van der Waals surface area contributed by atoms with Gasteiger partial charge in [-0.25, -0.2) is 0 Å². The molecule has 5 heteroatoms. The number of hydrogen-bond acceptors (Lipinski definition) is 4. The van der Waals surface area contributed by atoms with E-state index in [0.717, 1.165) is 31.6 Å². The van der Waals surface area contributed by atoms with Crippen LogP contribution >= 0.6 is 12.4 Å². The van der Waals surface area contributed by atoms with Crippen LogP contribution in [0, 0.1) is 0 Å². The molecule has 0 aliphatic carbocycles. The van der Waals surface area contributed by atoms with Crippen molar-refractivity contribution in [3.63, 3.8) is 0 Å². The first-order chi connectivity index (χ1) is 6.36. The van der Waals surface area contributed by atoms with Gasteiger partial charge in [-0.1, -0.05) is 0 Å². The van der Waals surface area contributed by atoms with Crippen molar-refractivity contribution in [1.82, 2.24) is 15.5 Å². The number of rotatable bonds is 1. The van der Waals surface area contributed by atoms with Gasteiger partial charge in [0.2, 0.25) is 0 Å². The summed E-state index contributed by atoms with van der Waals surface area (Å²) < 4.78 is 0. The number of aromatic nitrogens is 2. The van der Waals surface area contributed by atoms with Crippen LogP contribution in [0.5, 0.6) is 0 Å². The summed E-state index contributed by atoms with van der Waals surface area (Å²) in [5, 5.41) is 11.3. The van der Waals surface area contributed by atoms with Crippen molar-refractivity contribution in [3.8, 4) is 0 Å². The van der Waals surface area contributed by atoms with E-state index in [1.807, 2.05) is 12.1 Å². The molecule has 1 aromatic rings. The lowest BCUT2D eigenvalue weighted by atomic mass is 9.94. The zero-order chi connectivity index (χ0) is 9.10. The van der Waals surface area contributed by atoms with Crippen LogP contribution in [-0.2, 0) is 0 Å². The standard InChI is InChI=1S/C9H14N4.ClH/c10-9-2-1-8(12-13-9)7-3-5-11-6-4-7;/h1-2,7,11H,3-6H2,(H2,10,13);1H. The highest BCUT2D eigenvalue weighted by Gasteiger charge is 2.16. The molecule has 0 radical (unpaired) electrons. The third-order valence-corrected chi connectivity index (χ3v) is 2.46. The third kappa shape index (κ3) is 2.56. The molecule has 0 unspecified atom stereocenters. The van der Waals surface area contributed by atoms with Crippen molar-refractivity contribution in [2.24, 2.45) is 0 Å². The fraction of sp³-hybridized carbons (Fsp3) is 0.556. The van der Waals surface area contributed by atoms with Crippen molar-refractivity contribution >= 4 is 18.2 Å². The molecular formula is C9H15ClN4. The minimum absolute atomic E-state index is 0. The normalized spacial score (nSPS) is 17.4. The lowest BCUT2D eigenvalue weighted by molar-refractivity contribution is 0.450. The predicted molar refractivity (Wildman–Crippen MR) is 58.5 cm³/mol. The van der Waals surface area contributed by atoms with Crippen LogP contribution < -0.4 is 11.1 Å². The van der Waals surface area contributed by atoms with E-state index in [0.29, 0.717) is 11.7 Å². The van der Waals surface area contributed by atoms with Crippen molar-refractivity contribution in [2.75, 3.05) is 18.8 Å². The Morgan fingerprint density at radius 3 is 2.50 bits per heavy atom. The van der Waals surface area contributed by atoms with Gasteiger partial charge in [0.05, 0.1) is 5.69 Å². The molecule has 0 aromatic carbocycles. The number of hydrogen-bond donors (Lipinski definition) is 2. The van der Waals surface area contributed by atoms with Crippen molar-refractivity contribution in [3.05, 3.63) is 17.8 Å². The van der Waals surface area contributed by atoms with E-state index in [2.05, 4.69) is 15.5 Å². The molecule has 1 saturated heterocycles. The first-order valence-electron chi connectivity index (χ1n) is 4.66. The Bertz CT molecular complexity index is 269. The average Bonchev–Trinajstić information content (AvgIpc) is 2.20. The highest BCUT2D eigenvalue weighted by atomic mass is 35.5. The fourth-order valence-corrected chi connectivity index (χ4v) is 1.69. The Kier molecular flexibility index (Phi) is 4.10. The van der Waals surface area contributed by atoms with E-state index in [1.165, 1.54) is 0 Å². The molecule has 4 nitrogen and oxygen atoms in total. The van der Waals surface area contributed by atoms with E-state index in [4.69, 9.17) is 5.73 Å². The predicted octanol–water partition coefficient (Wildman–Crippen LogP) is 0.948. The van der Waals surface area contributed by atoms with Crippen LogP contribution in [0.25, 0.3) is 0 Å². The molecule has 0 amide bonds. The van der Waals surface area contributed by atoms with Crippen molar-refractivity contribution < 1.29 is 0 Å². The molecule has 0 atom stereocenters. The largest absolute Gasteiger partial charge is 0.382 e. The fourth-order valence-electron chi connectivity index (χ4n) is 1.69. The summed E-state index contributed by atoms with van der Waals surface area (Å²) in [5.74, 6) is 1.06. The Morgan fingerprint density at radius 1 is 1.21 bits per heavy atom. The van der Waals surface area contributed by atoms with Crippen LogP contribution in [0.4, 0.5) is 5.82 Å². The molecule has 2 rings (SSSR count). The molecular weight excluding hydrogens is 200 g/mol. The monoisotopic (exact) mass is 214 g/mol. The lowest BCUT2D eigenvalue weighted by Gasteiger charge is -2.21.